The van der Waals surface area contributed by atoms with E-state index in [-0.39, 0.29) is 5.41 Å². The highest BCUT2D eigenvalue weighted by Crippen LogP contribution is 2.51. The van der Waals surface area contributed by atoms with E-state index in [9.17, 15) is 4.79 Å². The van der Waals surface area contributed by atoms with Crippen molar-refractivity contribution in [3.8, 4) is 0 Å². The van der Waals surface area contributed by atoms with Crippen LogP contribution < -0.4 is 0 Å². The fraction of sp³-hybridized carbons (Fsp3) is 0.929. The molecule has 0 saturated heterocycles. The van der Waals surface area contributed by atoms with Crippen LogP contribution in [-0.2, 0) is 4.79 Å². The molecule has 0 N–H and O–H groups in total. The van der Waals surface area contributed by atoms with E-state index in [4.69, 9.17) is 0 Å². The van der Waals surface area contributed by atoms with Crippen molar-refractivity contribution >= 4 is 6.29 Å². The molecule has 2 fully saturated rings. The maximum Gasteiger partial charge on any atom is 0.126 e. The highest BCUT2D eigenvalue weighted by molar-refractivity contribution is 5.59. The van der Waals surface area contributed by atoms with Crippen molar-refractivity contribution < 1.29 is 4.79 Å². The van der Waals surface area contributed by atoms with Gasteiger partial charge in [-0.2, -0.15) is 0 Å². The SMILES string of the molecule is CC1(CC2(C=O)CCCCCC2)CCC1. The van der Waals surface area contributed by atoms with Crippen LogP contribution in [-0.4, -0.2) is 6.29 Å². The van der Waals surface area contributed by atoms with Crippen molar-refractivity contribution in [3.05, 3.63) is 0 Å². The Morgan fingerprint density at radius 2 is 1.53 bits per heavy atom. The molecule has 2 saturated carbocycles. The highest BCUT2D eigenvalue weighted by atomic mass is 16.1. The Morgan fingerprint density at radius 1 is 0.933 bits per heavy atom. The molecule has 2 aliphatic rings. The summed E-state index contributed by atoms with van der Waals surface area (Å²) in [6, 6.07) is 0. The molecule has 0 atom stereocenters. The van der Waals surface area contributed by atoms with Crippen molar-refractivity contribution in [2.45, 2.75) is 71.1 Å². The molecular weight excluding hydrogens is 184 g/mol. The minimum Gasteiger partial charge on any atom is -0.303 e. The van der Waals surface area contributed by atoms with Crippen molar-refractivity contribution in [2.24, 2.45) is 10.8 Å². The van der Waals surface area contributed by atoms with Crippen molar-refractivity contribution in [3.63, 3.8) is 0 Å². The monoisotopic (exact) mass is 208 g/mol. The predicted octanol–water partition coefficient (Wildman–Crippen LogP) is 4.11. The number of hydrogen-bond acceptors (Lipinski definition) is 1. The quantitative estimate of drug-likeness (QED) is 0.504. The summed E-state index contributed by atoms with van der Waals surface area (Å²) in [5.74, 6) is 0. The van der Waals surface area contributed by atoms with Crippen molar-refractivity contribution in [2.75, 3.05) is 0 Å². The Kier molecular flexibility index (Phi) is 3.18. The first-order valence-corrected chi connectivity index (χ1v) is 6.65. The maximum absolute atomic E-state index is 11.5. The van der Waals surface area contributed by atoms with E-state index in [1.807, 2.05) is 0 Å². The summed E-state index contributed by atoms with van der Waals surface area (Å²) in [6.45, 7) is 2.38. The summed E-state index contributed by atoms with van der Waals surface area (Å²) in [5.41, 5.74) is 0.566. The average Bonchev–Trinajstić information content (AvgIpc) is 2.42. The van der Waals surface area contributed by atoms with Gasteiger partial charge in [-0.1, -0.05) is 39.0 Å². The summed E-state index contributed by atoms with van der Waals surface area (Å²) in [5, 5.41) is 0. The minimum absolute atomic E-state index is 0.0612. The Bertz CT molecular complexity index is 219. The van der Waals surface area contributed by atoms with Gasteiger partial charge in [0.15, 0.2) is 0 Å². The largest absolute Gasteiger partial charge is 0.303 e. The van der Waals surface area contributed by atoms with Gasteiger partial charge in [0.1, 0.15) is 6.29 Å². The molecule has 0 unspecified atom stereocenters. The molecule has 0 bridgehead atoms. The first-order valence-electron chi connectivity index (χ1n) is 6.65. The molecule has 86 valence electrons. The van der Waals surface area contributed by atoms with E-state index < -0.39 is 0 Å². The third-order valence-corrected chi connectivity index (χ3v) is 4.69. The lowest BCUT2D eigenvalue weighted by Gasteiger charge is -2.44. The number of carbonyl (C=O) groups excluding carboxylic acids is 1. The first-order chi connectivity index (χ1) is 7.18. The summed E-state index contributed by atoms with van der Waals surface area (Å²) in [4.78, 5) is 11.5. The van der Waals surface area contributed by atoms with Crippen LogP contribution in [0.5, 0.6) is 0 Å². The molecule has 0 heterocycles. The second-order valence-electron chi connectivity index (χ2n) is 6.24. The van der Waals surface area contributed by atoms with Crippen LogP contribution in [0.4, 0.5) is 0 Å². The average molecular weight is 208 g/mol. The Labute approximate surface area is 93.6 Å². The molecule has 0 amide bonds. The molecule has 0 aromatic heterocycles. The number of carbonyl (C=O) groups is 1. The molecule has 0 radical (unpaired) electrons. The molecule has 0 spiro atoms. The van der Waals surface area contributed by atoms with Crippen LogP contribution in [0.15, 0.2) is 0 Å². The second kappa shape index (κ2) is 4.27. The van der Waals surface area contributed by atoms with Crippen molar-refractivity contribution in [1.82, 2.24) is 0 Å². The Hall–Kier alpha value is -0.330. The van der Waals surface area contributed by atoms with Crippen LogP contribution in [0.25, 0.3) is 0 Å². The van der Waals surface area contributed by atoms with Crippen LogP contribution in [0.2, 0.25) is 0 Å². The predicted molar refractivity (Wildman–Crippen MR) is 62.8 cm³/mol. The van der Waals surface area contributed by atoms with Gasteiger partial charge >= 0.3 is 0 Å². The number of aldehydes is 1. The lowest BCUT2D eigenvalue weighted by molar-refractivity contribution is -0.120. The van der Waals surface area contributed by atoms with E-state index in [2.05, 4.69) is 6.92 Å². The highest BCUT2D eigenvalue weighted by Gasteiger charge is 2.41. The minimum atomic E-state index is 0.0612. The van der Waals surface area contributed by atoms with Crippen LogP contribution in [0, 0.1) is 10.8 Å². The van der Waals surface area contributed by atoms with Crippen LogP contribution in [0.3, 0.4) is 0 Å². The van der Waals surface area contributed by atoms with E-state index >= 15 is 0 Å². The summed E-state index contributed by atoms with van der Waals surface area (Å²) >= 11 is 0. The second-order valence-corrected chi connectivity index (χ2v) is 6.24. The summed E-state index contributed by atoms with van der Waals surface area (Å²) in [7, 11) is 0. The lowest BCUT2D eigenvalue weighted by Crippen LogP contribution is -2.35. The van der Waals surface area contributed by atoms with Gasteiger partial charge in [-0.25, -0.2) is 0 Å². The van der Waals surface area contributed by atoms with Crippen LogP contribution in [0.1, 0.15) is 71.1 Å². The zero-order valence-corrected chi connectivity index (χ0v) is 10.1. The fourth-order valence-corrected chi connectivity index (χ4v) is 3.58. The Morgan fingerprint density at radius 3 is 1.93 bits per heavy atom. The summed E-state index contributed by atoms with van der Waals surface area (Å²) < 4.78 is 0. The molecule has 1 nitrogen and oxygen atoms in total. The van der Waals surface area contributed by atoms with E-state index in [1.54, 1.807) is 0 Å². The van der Waals surface area contributed by atoms with Gasteiger partial charge in [0, 0.05) is 5.41 Å². The van der Waals surface area contributed by atoms with E-state index in [0.29, 0.717) is 5.41 Å². The third kappa shape index (κ3) is 2.43. The first kappa shape index (κ1) is 11.2. The lowest BCUT2D eigenvalue weighted by atomic mass is 9.60. The molecule has 1 heteroatoms. The van der Waals surface area contributed by atoms with E-state index in [0.717, 1.165) is 12.8 Å². The zero-order valence-electron chi connectivity index (χ0n) is 10.1. The number of hydrogen-bond donors (Lipinski definition) is 0. The molecule has 15 heavy (non-hydrogen) atoms. The standard InChI is InChI=1S/C14H24O/c1-13(7-6-8-13)11-14(12-15)9-4-2-3-5-10-14/h12H,2-11H2,1H3. The smallest absolute Gasteiger partial charge is 0.126 e. The van der Waals surface area contributed by atoms with Crippen molar-refractivity contribution in [1.29, 1.82) is 0 Å². The molecule has 0 aliphatic heterocycles. The van der Waals surface area contributed by atoms with Gasteiger partial charge in [-0.05, 0) is 37.5 Å². The molecular formula is C14H24O. The topological polar surface area (TPSA) is 17.1 Å². The molecule has 0 aromatic rings. The van der Waals surface area contributed by atoms with Crippen LogP contribution >= 0.6 is 0 Å². The van der Waals surface area contributed by atoms with Gasteiger partial charge in [-0.3, -0.25) is 0 Å². The van der Waals surface area contributed by atoms with Gasteiger partial charge in [0.2, 0.25) is 0 Å². The van der Waals surface area contributed by atoms with E-state index in [1.165, 1.54) is 57.7 Å². The normalized spacial score (nSPS) is 28.9. The van der Waals surface area contributed by atoms with Gasteiger partial charge in [-0.15, -0.1) is 0 Å². The van der Waals surface area contributed by atoms with Gasteiger partial charge in [0.05, 0.1) is 0 Å². The number of rotatable bonds is 3. The van der Waals surface area contributed by atoms with Gasteiger partial charge in [0.25, 0.3) is 0 Å². The molecule has 2 rings (SSSR count). The van der Waals surface area contributed by atoms with Gasteiger partial charge < -0.3 is 4.79 Å². The third-order valence-electron chi connectivity index (χ3n) is 4.69. The maximum atomic E-state index is 11.5. The summed E-state index contributed by atoms with van der Waals surface area (Å²) in [6.07, 6.45) is 14.1. The zero-order chi connectivity index (χ0) is 10.8. The fourth-order valence-electron chi connectivity index (χ4n) is 3.58. The molecule has 0 aromatic carbocycles. The Balaban J connectivity index is 2.02. The molecule has 2 aliphatic carbocycles.